The fraction of sp³-hybridized carbons (Fsp3) is 0.852. The molecule has 3 fully saturated rings. The maximum absolute atomic E-state index is 13.3. The zero-order valence-electron chi connectivity index (χ0n) is 48.5. The third kappa shape index (κ3) is 27.6. The lowest BCUT2D eigenvalue weighted by Gasteiger charge is -2.48. The Bertz CT molecular complexity index is 1650. The molecule has 0 saturated carbocycles. The Labute approximate surface area is 478 Å². The van der Waals surface area contributed by atoms with Crippen LogP contribution in [0, 0.1) is 0 Å². The molecule has 0 aromatic heterocycles. The summed E-state index contributed by atoms with van der Waals surface area (Å²) in [5.74, 6) is -0.290. The zero-order chi connectivity index (χ0) is 58.3. The molecule has 19 nitrogen and oxygen atoms in total. The van der Waals surface area contributed by atoms with E-state index in [-0.39, 0.29) is 18.9 Å². The van der Waals surface area contributed by atoms with Gasteiger partial charge in [0.05, 0.1) is 38.6 Å². The smallest absolute Gasteiger partial charge is 0.220 e. The van der Waals surface area contributed by atoms with E-state index < -0.39 is 124 Å². The van der Waals surface area contributed by atoms with Crippen LogP contribution in [-0.4, -0.2) is 193 Å². The molecule has 17 unspecified atom stereocenters. The van der Waals surface area contributed by atoms with Gasteiger partial charge in [-0.3, -0.25) is 4.79 Å². The number of aliphatic hydroxyl groups is 11. The third-order valence-corrected chi connectivity index (χ3v) is 15.3. The Morgan fingerprint density at radius 1 is 0.450 bits per heavy atom. The molecular weight excluding hydrogens is 1030 g/mol. The molecule has 3 saturated heterocycles. The van der Waals surface area contributed by atoms with Crippen LogP contribution in [-0.2, 0) is 33.2 Å². The number of ether oxygens (including phenoxy) is 6. The molecule has 1 amide bonds. The van der Waals surface area contributed by atoms with Gasteiger partial charge in [-0.1, -0.05) is 178 Å². The molecule has 3 heterocycles. The summed E-state index contributed by atoms with van der Waals surface area (Å²) in [4.78, 5) is 13.3. The zero-order valence-corrected chi connectivity index (χ0v) is 48.5. The van der Waals surface area contributed by atoms with Crippen molar-refractivity contribution < 1.29 is 89.4 Å². The van der Waals surface area contributed by atoms with E-state index in [1.54, 1.807) is 6.08 Å². The number of carbonyl (C=O) groups excluding carboxylic acids is 1. The predicted octanol–water partition coefficient (Wildman–Crippen LogP) is 5.87. The highest BCUT2D eigenvalue weighted by Gasteiger charge is 2.53. The summed E-state index contributed by atoms with van der Waals surface area (Å²) in [5, 5.41) is 120. The minimum Gasteiger partial charge on any atom is -0.394 e. The molecule has 80 heavy (non-hydrogen) atoms. The topological polar surface area (TPSA) is 307 Å². The first-order valence-electron chi connectivity index (χ1n) is 30.9. The fourth-order valence-electron chi connectivity index (χ4n) is 10.2. The number of rotatable bonds is 45. The minimum absolute atomic E-state index is 0.233. The first-order valence-corrected chi connectivity index (χ1v) is 30.9. The van der Waals surface area contributed by atoms with Crippen LogP contribution in [0.1, 0.15) is 200 Å². The van der Waals surface area contributed by atoms with Gasteiger partial charge in [0.25, 0.3) is 0 Å². The lowest BCUT2D eigenvalue weighted by atomic mass is 9.96. The number of unbranched alkanes of at least 4 members (excludes halogenated alkanes) is 23. The van der Waals surface area contributed by atoms with E-state index in [0.717, 1.165) is 44.9 Å². The van der Waals surface area contributed by atoms with Crippen molar-refractivity contribution in [3.05, 3.63) is 48.6 Å². The number of carbonyl (C=O) groups is 1. The van der Waals surface area contributed by atoms with Crippen LogP contribution in [0.5, 0.6) is 0 Å². The number of amides is 1. The van der Waals surface area contributed by atoms with Crippen molar-refractivity contribution in [3.63, 3.8) is 0 Å². The van der Waals surface area contributed by atoms with Gasteiger partial charge in [-0.15, -0.1) is 0 Å². The number of aliphatic hydroxyl groups excluding tert-OH is 11. The molecule has 0 spiro atoms. The highest BCUT2D eigenvalue weighted by molar-refractivity contribution is 5.76. The molecule has 0 bridgehead atoms. The molecule has 0 aromatic carbocycles. The van der Waals surface area contributed by atoms with Crippen molar-refractivity contribution in [1.82, 2.24) is 5.32 Å². The van der Waals surface area contributed by atoms with Crippen LogP contribution < -0.4 is 5.32 Å². The van der Waals surface area contributed by atoms with E-state index in [9.17, 15) is 61.0 Å². The van der Waals surface area contributed by atoms with E-state index in [1.807, 2.05) is 6.08 Å². The van der Waals surface area contributed by atoms with Crippen LogP contribution in [0.3, 0.4) is 0 Å². The van der Waals surface area contributed by atoms with E-state index in [1.165, 1.54) is 122 Å². The summed E-state index contributed by atoms with van der Waals surface area (Å²) in [5.41, 5.74) is 0. The molecule has 3 aliphatic heterocycles. The highest BCUT2D eigenvalue weighted by Crippen LogP contribution is 2.33. The summed E-state index contributed by atoms with van der Waals surface area (Å²) in [6.07, 6.45) is 22.6. The summed E-state index contributed by atoms with van der Waals surface area (Å²) >= 11 is 0. The van der Waals surface area contributed by atoms with Gasteiger partial charge in [0.15, 0.2) is 18.9 Å². The first kappa shape index (κ1) is 72.0. The second-order valence-electron chi connectivity index (χ2n) is 22.2. The molecule has 17 atom stereocenters. The van der Waals surface area contributed by atoms with Crippen LogP contribution in [0.2, 0.25) is 0 Å². The van der Waals surface area contributed by atoms with Gasteiger partial charge in [-0.25, -0.2) is 0 Å². The van der Waals surface area contributed by atoms with Crippen LogP contribution in [0.15, 0.2) is 48.6 Å². The Kier molecular flexibility index (Phi) is 39.8. The molecule has 0 aromatic rings. The molecule has 0 aliphatic carbocycles. The molecule has 466 valence electrons. The average molecular weight is 1140 g/mol. The maximum atomic E-state index is 13.3. The Hall–Kier alpha value is -2.25. The van der Waals surface area contributed by atoms with Crippen molar-refractivity contribution in [2.24, 2.45) is 0 Å². The number of hydrogen-bond donors (Lipinski definition) is 12. The summed E-state index contributed by atoms with van der Waals surface area (Å²) in [6, 6.07) is -0.989. The highest BCUT2D eigenvalue weighted by atomic mass is 16.8. The molecule has 19 heteroatoms. The summed E-state index contributed by atoms with van der Waals surface area (Å²) < 4.78 is 34.2. The molecule has 12 N–H and O–H groups in total. The van der Waals surface area contributed by atoms with Crippen LogP contribution in [0.4, 0.5) is 0 Å². The van der Waals surface area contributed by atoms with Crippen molar-refractivity contribution in [2.75, 3.05) is 26.4 Å². The average Bonchev–Trinajstić information content (AvgIpc) is 3.45. The fourth-order valence-corrected chi connectivity index (χ4v) is 10.2. The van der Waals surface area contributed by atoms with E-state index in [4.69, 9.17) is 28.4 Å². The lowest BCUT2D eigenvalue weighted by molar-refractivity contribution is -0.379. The predicted molar refractivity (Wildman–Crippen MR) is 305 cm³/mol. The molecular formula is C61H109NO18. The van der Waals surface area contributed by atoms with Gasteiger partial charge in [0.2, 0.25) is 5.91 Å². The second kappa shape index (κ2) is 44.3. The van der Waals surface area contributed by atoms with Crippen molar-refractivity contribution in [1.29, 1.82) is 0 Å². The Morgan fingerprint density at radius 2 is 0.838 bits per heavy atom. The van der Waals surface area contributed by atoms with Gasteiger partial charge >= 0.3 is 0 Å². The standard InChI is InChI=1S/C61H109NO18/c1-3-5-7-9-11-13-15-16-17-18-19-20-21-22-23-24-25-26-27-28-29-31-33-35-37-39-49(67)62-44(45(66)38-36-34-32-30-14-12-10-8-6-4-2)43-75-59-55(73)52(70)57(47(41-64)77-59)80-61-56(74)53(71)58(48(42-65)78-61)79-60-54(72)51(69)50(68)46(40-63)76-60/h14-16,18-19,30,36,38,44-48,50-61,63-66,68-74H,3-13,17,20-29,31-35,37,39-43H2,1-2H3,(H,62,67)/b16-15-,19-18-,30-14+,38-36+. The van der Waals surface area contributed by atoms with Gasteiger partial charge < -0.3 is 89.9 Å². The third-order valence-electron chi connectivity index (χ3n) is 15.3. The van der Waals surface area contributed by atoms with Crippen molar-refractivity contribution >= 4 is 5.91 Å². The number of nitrogens with one attached hydrogen (secondary N) is 1. The second-order valence-corrected chi connectivity index (χ2v) is 22.2. The van der Waals surface area contributed by atoms with E-state index >= 15 is 0 Å². The molecule has 3 rings (SSSR count). The van der Waals surface area contributed by atoms with Crippen LogP contribution in [0.25, 0.3) is 0 Å². The first-order chi connectivity index (χ1) is 38.8. The van der Waals surface area contributed by atoms with Gasteiger partial charge in [-0.2, -0.15) is 0 Å². The monoisotopic (exact) mass is 1140 g/mol. The maximum Gasteiger partial charge on any atom is 0.220 e. The van der Waals surface area contributed by atoms with E-state index in [0.29, 0.717) is 12.8 Å². The molecule has 0 radical (unpaired) electrons. The summed E-state index contributed by atoms with van der Waals surface area (Å²) in [6.45, 7) is 1.64. The minimum atomic E-state index is -1.98. The normalized spacial score (nSPS) is 30.3. The largest absolute Gasteiger partial charge is 0.394 e. The quantitative estimate of drug-likeness (QED) is 0.0250. The SMILES string of the molecule is CCCCCC/C=C/CC/C=C/C(O)C(COC1OC(CO)C(OC2OC(CO)C(OC3OC(CO)C(O)C(O)C3O)C(O)C2O)C(O)C1O)NC(=O)CCCCCCCCCCCCCCC/C=C\C/C=C\CCCCCCC. The van der Waals surface area contributed by atoms with Crippen molar-refractivity contribution in [2.45, 2.75) is 304 Å². The van der Waals surface area contributed by atoms with Gasteiger partial charge in [-0.05, 0) is 64.2 Å². The van der Waals surface area contributed by atoms with Gasteiger partial charge in [0.1, 0.15) is 73.2 Å². The van der Waals surface area contributed by atoms with Gasteiger partial charge in [0, 0.05) is 6.42 Å². The lowest BCUT2D eigenvalue weighted by Crippen LogP contribution is -2.66. The number of hydrogen-bond acceptors (Lipinski definition) is 18. The van der Waals surface area contributed by atoms with Crippen molar-refractivity contribution in [3.8, 4) is 0 Å². The molecule has 3 aliphatic rings. The van der Waals surface area contributed by atoms with Crippen LogP contribution >= 0.6 is 0 Å². The van der Waals surface area contributed by atoms with E-state index in [2.05, 4.69) is 55.6 Å². The Balaban J connectivity index is 1.43. The summed E-state index contributed by atoms with van der Waals surface area (Å²) in [7, 11) is 0. The Morgan fingerprint density at radius 3 is 1.34 bits per heavy atom. The number of allylic oxidation sites excluding steroid dienone is 7.